The molecule has 1 amide bonds. The molecule has 4 nitrogen and oxygen atoms in total. The van der Waals surface area contributed by atoms with Crippen molar-refractivity contribution < 1.29 is 23.5 Å². The van der Waals surface area contributed by atoms with Crippen molar-refractivity contribution in [3.8, 4) is 0 Å². The largest absolute Gasteiger partial charge is 0.481 e. The zero-order valence-electron chi connectivity index (χ0n) is 9.98. The number of halogens is 2. The van der Waals surface area contributed by atoms with Crippen molar-refractivity contribution in [2.75, 3.05) is 13.6 Å². The molecule has 0 fully saturated rings. The number of benzene rings is 1. The monoisotopic (exact) mass is 257 g/mol. The highest BCUT2D eigenvalue weighted by molar-refractivity contribution is 5.94. The van der Waals surface area contributed by atoms with E-state index in [2.05, 4.69) is 0 Å². The summed E-state index contributed by atoms with van der Waals surface area (Å²) in [6.07, 6.45) is 0. The zero-order valence-corrected chi connectivity index (χ0v) is 9.98. The lowest BCUT2D eigenvalue weighted by Crippen LogP contribution is -2.34. The predicted molar refractivity (Wildman–Crippen MR) is 60.1 cm³/mol. The third kappa shape index (κ3) is 3.03. The second-order valence-electron chi connectivity index (χ2n) is 4.03. The molecule has 1 unspecified atom stereocenters. The quantitative estimate of drug-likeness (QED) is 0.894. The van der Waals surface area contributed by atoms with Crippen molar-refractivity contribution in [2.24, 2.45) is 5.92 Å². The molecule has 0 spiro atoms. The highest BCUT2D eigenvalue weighted by atomic mass is 19.2. The first-order chi connectivity index (χ1) is 8.34. The minimum atomic E-state index is -1.22. The maximum Gasteiger partial charge on any atom is 0.308 e. The van der Waals surface area contributed by atoms with Crippen LogP contribution in [0.25, 0.3) is 0 Å². The van der Waals surface area contributed by atoms with Crippen LogP contribution in [0, 0.1) is 17.6 Å². The van der Waals surface area contributed by atoms with Crippen LogP contribution < -0.4 is 0 Å². The summed E-state index contributed by atoms with van der Waals surface area (Å²) in [6.45, 7) is 1.35. The Balaban J connectivity index is 2.87. The Labute approximate surface area is 103 Å². The van der Waals surface area contributed by atoms with E-state index in [1.165, 1.54) is 20.0 Å². The van der Waals surface area contributed by atoms with Crippen molar-refractivity contribution in [1.29, 1.82) is 0 Å². The highest BCUT2D eigenvalue weighted by Gasteiger charge is 2.22. The van der Waals surface area contributed by atoms with Gasteiger partial charge in [0.25, 0.3) is 5.91 Å². The fourth-order valence-electron chi connectivity index (χ4n) is 1.45. The summed E-state index contributed by atoms with van der Waals surface area (Å²) in [5, 5.41) is 8.71. The van der Waals surface area contributed by atoms with Gasteiger partial charge in [0.2, 0.25) is 0 Å². The number of hydrogen-bond acceptors (Lipinski definition) is 2. The molecule has 0 aliphatic rings. The van der Waals surface area contributed by atoms with Crippen LogP contribution in [0.5, 0.6) is 0 Å². The number of hydrogen-bond donors (Lipinski definition) is 1. The minimum absolute atomic E-state index is 0.0792. The van der Waals surface area contributed by atoms with Crippen LogP contribution in [0.2, 0.25) is 0 Å². The van der Waals surface area contributed by atoms with Crippen molar-refractivity contribution in [3.63, 3.8) is 0 Å². The van der Waals surface area contributed by atoms with E-state index in [9.17, 15) is 18.4 Å². The van der Waals surface area contributed by atoms with Crippen molar-refractivity contribution in [3.05, 3.63) is 35.4 Å². The molecule has 0 radical (unpaired) electrons. The van der Waals surface area contributed by atoms with Gasteiger partial charge in [-0.3, -0.25) is 9.59 Å². The van der Waals surface area contributed by atoms with Crippen LogP contribution in [-0.2, 0) is 4.79 Å². The maximum atomic E-state index is 13.4. The normalized spacial score (nSPS) is 12.0. The Kier molecular flexibility index (Phi) is 4.36. The zero-order chi connectivity index (χ0) is 13.9. The first-order valence-electron chi connectivity index (χ1n) is 5.27. The maximum absolute atomic E-state index is 13.4. The molecule has 0 heterocycles. The third-order valence-electron chi connectivity index (χ3n) is 2.50. The number of carbonyl (C=O) groups is 2. The van der Waals surface area contributed by atoms with E-state index in [4.69, 9.17) is 5.11 Å². The van der Waals surface area contributed by atoms with Crippen LogP contribution >= 0.6 is 0 Å². The van der Waals surface area contributed by atoms with Gasteiger partial charge in [0.1, 0.15) is 0 Å². The molecule has 1 atom stereocenters. The van der Waals surface area contributed by atoms with Gasteiger partial charge in [-0.1, -0.05) is 13.0 Å². The fourth-order valence-corrected chi connectivity index (χ4v) is 1.45. The molecule has 1 N–H and O–H groups in total. The number of carbonyl (C=O) groups excluding carboxylic acids is 1. The SMILES string of the molecule is CC(CN(C)C(=O)c1cccc(F)c1F)C(=O)O. The van der Waals surface area contributed by atoms with E-state index < -0.39 is 35.0 Å². The van der Waals surface area contributed by atoms with E-state index in [-0.39, 0.29) is 6.54 Å². The molecule has 0 saturated carbocycles. The lowest BCUT2D eigenvalue weighted by Gasteiger charge is -2.19. The van der Waals surface area contributed by atoms with Crippen LogP contribution in [0.4, 0.5) is 8.78 Å². The molecule has 0 aliphatic carbocycles. The standard InChI is InChI=1S/C12H13F2NO3/c1-7(12(17)18)6-15(2)11(16)8-4-3-5-9(13)10(8)14/h3-5,7H,6H2,1-2H3,(H,17,18). The van der Waals surface area contributed by atoms with Gasteiger partial charge in [-0.25, -0.2) is 8.78 Å². The molecule has 1 aromatic carbocycles. The Morgan fingerprint density at radius 2 is 2.00 bits per heavy atom. The number of carboxylic acid groups (broad SMARTS) is 1. The summed E-state index contributed by atoms with van der Waals surface area (Å²) in [7, 11) is 1.34. The number of carboxylic acids is 1. The lowest BCUT2D eigenvalue weighted by atomic mass is 10.1. The lowest BCUT2D eigenvalue weighted by molar-refractivity contribution is -0.141. The smallest absolute Gasteiger partial charge is 0.308 e. The number of aliphatic carboxylic acids is 1. The third-order valence-corrected chi connectivity index (χ3v) is 2.50. The van der Waals surface area contributed by atoms with Gasteiger partial charge >= 0.3 is 5.97 Å². The van der Waals surface area contributed by atoms with Gasteiger partial charge in [-0.15, -0.1) is 0 Å². The first-order valence-corrected chi connectivity index (χ1v) is 5.27. The van der Waals surface area contributed by atoms with E-state index >= 15 is 0 Å². The number of amides is 1. The van der Waals surface area contributed by atoms with Gasteiger partial charge in [0.05, 0.1) is 11.5 Å². The highest BCUT2D eigenvalue weighted by Crippen LogP contribution is 2.14. The summed E-state index contributed by atoms with van der Waals surface area (Å²) >= 11 is 0. The Hall–Kier alpha value is -1.98. The summed E-state index contributed by atoms with van der Waals surface area (Å²) in [4.78, 5) is 23.5. The molecule has 98 valence electrons. The van der Waals surface area contributed by atoms with Gasteiger partial charge in [0, 0.05) is 13.6 Å². The molecular formula is C12H13F2NO3. The average Bonchev–Trinajstić information content (AvgIpc) is 2.31. The molecule has 0 saturated heterocycles. The Bertz CT molecular complexity index is 476. The van der Waals surface area contributed by atoms with Crippen LogP contribution in [0.1, 0.15) is 17.3 Å². The van der Waals surface area contributed by atoms with Crippen molar-refractivity contribution in [1.82, 2.24) is 4.90 Å². The van der Waals surface area contributed by atoms with Gasteiger partial charge in [-0.05, 0) is 12.1 Å². The van der Waals surface area contributed by atoms with Crippen molar-refractivity contribution >= 4 is 11.9 Å². The summed E-state index contributed by atoms with van der Waals surface area (Å²) in [5.74, 6) is -4.93. The van der Waals surface area contributed by atoms with Gasteiger partial charge in [0.15, 0.2) is 11.6 Å². The first kappa shape index (κ1) is 14.1. The fraction of sp³-hybridized carbons (Fsp3) is 0.333. The molecule has 6 heteroatoms. The molecular weight excluding hydrogens is 244 g/mol. The van der Waals surface area contributed by atoms with Crippen LogP contribution in [-0.4, -0.2) is 35.5 Å². The molecule has 0 aromatic heterocycles. The van der Waals surface area contributed by atoms with Gasteiger partial charge < -0.3 is 10.0 Å². The van der Waals surface area contributed by atoms with Crippen molar-refractivity contribution in [2.45, 2.75) is 6.92 Å². The van der Waals surface area contributed by atoms with E-state index in [1.807, 2.05) is 0 Å². The summed E-state index contributed by atoms with van der Waals surface area (Å²) in [6, 6.07) is 3.29. The second kappa shape index (κ2) is 5.57. The number of rotatable bonds is 4. The van der Waals surface area contributed by atoms with E-state index in [0.29, 0.717) is 0 Å². The number of nitrogens with zero attached hydrogens (tertiary/aromatic N) is 1. The summed E-state index contributed by atoms with van der Waals surface area (Å²) < 4.78 is 26.3. The van der Waals surface area contributed by atoms with Crippen LogP contribution in [0.15, 0.2) is 18.2 Å². The topological polar surface area (TPSA) is 57.6 Å². The minimum Gasteiger partial charge on any atom is -0.481 e. The Morgan fingerprint density at radius 1 is 1.39 bits per heavy atom. The van der Waals surface area contributed by atoms with Crippen LogP contribution in [0.3, 0.4) is 0 Å². The van der Waals surface area contributed by atoms with E-state index in [1.54, 1.807) is 0 Å². The second-order valence-corrected chi connectivity index (χ2v) is 4.03. The predicted octanol–water partition coefficient (Wildman–Crippen LogP) is 1.76. The summed E-state index contributed by atoms with van der Waals surface area (Å²) in [5.41, 5.74) is -0.407. The molecule has 0 aliphatic heterocycles. The van der Waals surface area contributed by atoms with E-state index in [0.717, 1.165) is 17.0 Å². The molecule has 1 rings (SSSR count). The molecule has 18 heavy (non-hydrogen) atoms. The Morgan fingerprint density at radius 3 is 2.56 bits per heavy atom. The molecule has 1 aromatic rings. The average molecular weight is 257 g/mol. The molecule has 0 bridgehead atoms. The van der Waals surface area contributed by atoms with Gasteiger partial charge in [-0.2, -0.15) is 0 Å².